The second-order valence-corrected chi connectivity index (χ2v) is 7.25. The molecule has 1 aliphatic carbocycles. The Bertz CT molecular complexity index is 844. The first kappa shape index (κ1) is 17.7. The van der Waals surface area contributed by atoms with E-state index in [1.165, 1.54) is 17.8 Å². The summed E-state index contributed by atoms with van der Waals surface area (Å²) in [5.41, 5.74) is 0.970. The zero-order valence-corrected chi connectivity index (χ0v) is 15.6. The third-order valence-electron chi connectivity index (χ3n) is 4.66. The van der Waals surface area contributed by atoms with Gasteiger partial charge in [0.1, 0.15) is 0 Å². The maximum Gasteiger partial charge on any atom is 0.251 e. The third kappa shape index (κ3) is 3.63. The lowest BCUT2D eigenvalue weighted by Gasteiger charge is -2.17. The summed E-state index contributed by atoms with van der Waals surface area (Å²) in [6.45, 7) is 4.42. The summed E-state index contributed by atoms with van der Waals surface area (Å²) in [5, 5.41) is 0. The first-order valence-corrected chi connectivity index (χ1v) is 9.44. The van der Waals surface area contributed by atoms with Crippen molar-refractivity contribution >= 4 is 27.5 Å². The lowest BCUT2D eigenvalue weighted by atomic mass is 9.89. The van der Waals surface area contributed by atoms with Crippen molar-refractivity contribution in [3.63, 3.8) is 0 Å². The smallest absolute Gasteiger partial charge is 0.251 e. The molecule has 0 radical (unpaired) electrons. The summed E-state index contributed by atoms with van der Waals surface area (Å²) in [5.74, 6) is 1.41. The number of amides is 1. The molecule has 0 atom stereocenters. The molecule has 25 heavy (non-hydrogen) atoms. The van der Waals surface area contributed by atoms with Crippen LogP contribution in [0.2, 0.25) is 0 Å². The van der Waals surface area contributed by atoms with E-state index >= 15 is 0 Å². The van der Waals surface area contributed by atoms with Crippen molar-refractivity contribution < 1.29 is 14.3 Å². The van der Waals surface area contributed by atoms with E-state index in [0.717, 1.165) is 35.9 Å². The molecule has 1 fully saturated rings. The Morgan fingerprint density at radius 3 is 2.60 bits per heavy atom. The Hall–Kier alpha value is -2.08. The number of thiazole rings is 1. The number of carbonyl (C=O) groups excluding carboxylic acids is 1. The van der Waals surface area contributed by atoms with Crippen LogP contribution >= 0.6 is 11.3 Å². The number of fused-ring (bicyclic) bond motifs is 1. The fourth-order valence-corrected chi connectivity index (χ4v) is 4.38. The third-order valence-corrected chi connectivity index (χ3v) is 5.70. The quantitative estimate of drug-likeness (QED) is 0.760. The van der Waals surface area contributed by atoms with E-state index in [0.29, 0.717) is 22.8 Å². The molecule has 6 heteroatoms. The van der Waals surface area contributed by atoms with Gasteiger partial charge in [0.05, 0.1) is 24.4 Å². The molecule has 1 aromatic carbocycles. The fourth-order valence-electron chi connectivity index (χ4n) is 3.32. The highest BCUT2D eigenvalue weighted by atomic mass is 32.1. The van der Waals surface area contributed by atoms with Crippen LogP contribution in [0.25, 0.3) is 10.2 Å². The van der Waals surface area contributed by atoms with E-state index in [-0.39, 0.29) is 11.8 Å². The number of carbonyl (C=O) groups is 1. The standard InChI is InChI=1S/C19H24N2O3S/c1-4-10-21-14-11-15(23-2)16(24-3)12-17(14)25-19(21)20-18(22)13-8-6-5-7-9-13/h4,11-13H,1,5-10H2,2-3H3. The van der Waals surface area contributed by atoms with E-state index in [1.807, 2.05) is 22.8 Å². The van der Waals surface area contributed by atoms with Crippen molar-refractivity contribution in [3.05, 3.63) is 29.6 Å². The van der Waals surface area contributed by atoms with E-state index < -0.39 is 0 Å². The monoisotopic (exact) mass is 360 g/mol. The van der Waals surface area contributed by atoms with Crippen LogP contribution in [0.3, 0.4) is 0 Å². The SMILES string of the molecule is C=CCn1c(=NC(=O)C2CCCCC2)sc2cc(OC)c(OC)cc21. The number of benzene rings is 1. The molecule has 0 saturated heterocycles. The molecule has 134 valence electrons. The van der Waals surface area contributed by atoms with Gasteiger partial charge in [-0.3, -0.25) is 4.79 Å². The average Bonchev–Trinajstić information content (AvgIpc) is 2.97. The number of ether oxygens (including phenoxy) is 2. The highest BCUT2D eigenvalue weighted by Crippen LogP contribution is 2.33. The van der Waals surface area contributed by atoms with Crippen molar-refractivity contribution in [2.45, 2.75) is 38.6 Å². The van der Waals surface area contributed by atoms with Crippen molar-refractivity contribution in [1.29, 1.82) is 0 Å². The first-order valence-electron chi connectivity index (χ1n) is 8.62. The van der Waals surface area contributed by atoms with Crippen molar-refractivity contribution in [2.75, 3.05) is 14.2 Å². The molecule has 0 spiro atoms. The molecule has 1 aromatic heterocycles. The zero-order valence-electron chi connectivity index (χ0n) is 14.8. The molecule has 3 rings (SSSR count). The second-order valence-electron chi connectivity index (χ2n) is 6.24. The van der Waals surface area contributed by atoms with Crippen LogP contribution in [0, 0.1) is 5.92 Å². The molecule has 1 heterocycles. The number of allylic oxidation sites excluding steroid dienone is 1. The maximum absolute atomic E-state index is 12.6. The summed E-state index contributed by atoms with van der Waals surface area (Å²) < 4.78 is 13.8. The fraction of sp³-hybridized carbons (Fsp3) is 0.474. The molecular weight excluding hydrogens is 336 g/mol. The lowest BCUT2D eigenvalue weighted by Crippen LogP contribution is -2.21. The summed E-state index contributed by atoms with van der Waals surface area (Å²) in [6.07, 6.45) is 7.20. The topological polar surface area (TPSA) is 52.8 Å². The molecule has 0 aliphatic heterocycles. The first-order chi connectivity index (χ1) is 12.2. The minimum atomic E-state index is 0.00278. The van der Waals surface area contributed by atoms with Crippen LogP contribution in [-0.2, 0) is 11.3 Å². The zero-order chi connectivity index (χ0) is 17.8. The Morgan fingerprint density at radius 1 is 1.28 bits per heavy atom. The minimum absolute atomic E-state index is 0.00278. The number of methoxy groups -OCH3 is 2. The molecule has 0 unspecified atom stereocenters. The Labute approximate surface area is 151 Å². The predicted octanol–water partition coefficient (Wildman–Crippen LogP) is 3.91. The molecular formula is C19H24N2O3S. The van der Waals surface area contributed by atoms with Gasteiger partial charge in [-0.05, 0) is 12.8 Å². The highest BCUT2D eigenvalue weighted by Gasteiger charge is 2.21. The lowest BCUT2D eigenvalue weighted by molar-refractivity contribution is -0.122. The second kappa shape index (κ2) is 7.87. The van der Waals surface area contributed by atoms with Gasteiger partial charge in [0.25, 0.3) is 5.91 Å². The van der Waals surface area contributed by atoms with Crippen LogP contribution in [0.1, 0.15) is 32.1 Å². The van der Waals surface area contributed by atoms with Gasteiger partial charge < -0.3 is 14.0 Å². The molecule has 0 N–H and O–H groups in total. The van der Waals surface area contributed by atoms with E-state index in [2.05, 4.69) is 11.6 Å². The minimum Gasteiger partial charge on any atom is -0.493 e. The molecule has 5 nitrogen and oxygen atoms in total. The number of hydrogen-bond donors (Lipinski definition) is 0. The summed E-state index contributed by atoms with van der Waals surface area (Å²) in [6, 6.07) is 3.86. The van der Waals surface area contributed by atoms with Crippen LogP contribution in [0.15, 0.2) is 29.8 Å². The van der Waals surface area contributed by atoms with E-state index in [1.54, 1.807) is 14.2 Å². The number of hydrogen-bond acceptors (Lipinski definition) is 4. The number of nitrogens with zero attached hydrogens (tertiary/aromatic N) is 2. The van der Waals surface area contributed by atoms with Crippen LogP contribution in [0.4, 0.5) is 0 Å². The average molecular weight is 360 g/mol. The van der Waals surface area contributed by atoms with Crippen molar-refractivity contribution in [2.24, 2.45) is 10.9 Å². The van der Waals surface area contributed by atoms with Gasteiger partial charge in [0.15, 0.2) is 16.3 Å². The maximum atomic E-state index is 12.6. The van der Waals surface area contributed by atoms with Crippen molar-refractivity contribution in [3.8, 4) is 11.5 Å². The van der Waals surface area contributed by atoms with Gasteiger partial charge in [-0.2, -0.15) is 4.99 Å². The molecule has 0 bridgehead atoms. The van der Waals surface area contributed by atoms with Gasteiger partial charge in [-0.25, -0.2) is 0 Å². The van der Waals surface area contributed by atoms with E-state index in [4.69, 9.17) is 9.47 Å². The largest absolute Gasteiger partial charge is 0.493 e. The summed E-state index contributed by atoms with van der Waals surface area (Å²) in [4.78, 5) is 17.8. The summed E-state index contributed by atoms with van der Waals surface area (Å²) >= 11 is 1.50. The van der Waals surface area contributed by atoms with Crippen LogP contribution < -0.4 is 14.3 Å². The highest BCUT2D eigenvalue weighted by molar-refractivity contribution is 7.16. The molecule has 1 aliphatic rings. The van der Waals surface area contributed by atoms with Gasteiger partial charge in [0.2, 0.25) is 0 Å². The van der Waals surface area contributed by atoms with Gasteiger partial charge >= 0.3 is 0 Å². The normalized spacial score (nSPS) is 16.2. The Balaban J connectivity index is 2.09. The van der Waals surface area contributed by atoms with Gasteiger partial charge in [0, 0.05) is 24.6 Å². The predicted molar refractivity (Wildman–Crippen MR) is 100 cm³/mol. The molecule has 1 amide bonds. The van der Waals surface area contributed by atoms with Gasteiger partial charge in [-0.15, -0.1) is 6.58 Å². The van der Waals surface area contributed by atoms with Crippen molar-refractivity contribution in [1.82, 2.24) is 4.57 Å². The Kier molecular flexibility index (Phi) is 5.58. The van der Waals surface area contributed by atoms with E-state index in [9.17, 15) is 4.79 Å². The van der Waals surface area contributed by atoms with Crippen LogP contribution in [0.5, 0.6) is 11.5 Å². The molecule has 2 aromatic rings. The Morgan fingerprint density at radius 2 is 1.96 bits per heavy atom. The molecule has 1 saturated carbocycles. The summed E-state index contributed by atoms with van der Waals surface area (Å²) in [7, 11) is 3.23. The number of aromatic nitrogens is 1. The van der Waals surface area contributed by atoms with Gasteiger partial charge in [-0.1, -0.05) is 36.7 Å². The number of rotatable bonds is 5. The van der Waals surface area contributed by atoms with Crippen LogP contribution in [-0.4, -0.2) is 24.7 Å².